The maximum Gasteiger partial charge on any atom is 0.238 e. The first-order valence-electron chi connectivity index (χ1n) is 6.28. The molecular formula is C15H16ClNO3S. The quantitative estimate of drug-likeness (QED) is 0.938. The van der Waals surface area contributed by atoms with E-state index >= 15 is 0 Å². The zero-order valence-electron chi connectivity index (χ0n) is 11.8. The maximum atomic E-state index is 11.3. The second kappa shape index (κ2) is 6.05. The topological polar surface area (TPSA) is 69.4 Å². The van der Waals surface area contributed by atoms with Crippen molar-refractivity contribution in [3.05, 3.63) is 58.1 Å². The fraction of sp³-hybridized carbons (Fsp3) is 0.200. The third-order valence-electron chi connectivity index (χ3n) is 3.07. The van der Waals surface area contributed by atoms with E-state index in [-0.39, 0.29) is 4.90 Å². The third-order valence-corrected chi connectivity index (χ3v) is 4.33. The second-order valence-corrected chi connectivity index (χ2v) is 6.82. The lowest BCUT2D eigenvalue weighted by atomic mass is 10.1. The number of primary sulfonamides is 1. The Balaban J connectivity index is 2.17. The molecule has 0 saturated carbocycles. The third kappa shape index (κ3) is 3.97. The molecule has 0 aromatic heterocycles. The van der Waals surface area contributed by atoms with E-state index in [0.717, 1.165) is 11.1 Å². The molecule has 0 radical (unpaired) electrons. The highest BCUT2D eigenvalue weighted by Crippen LogP contribution is 2.24. The summed E-state index contributed by atoms with van der Waals surface area (Å²) in [6.07, 6.45) is 0. The van der Waals surface area contributed by atoms with Gasteiger partial charge >= 0.3 is 0 Å². The molecule has 0 aliphatic carbocycles. The van der Waals surface area contributed by atoms with Crippen molar-refractivity contribution in [3.8, 4) is 5.75 Å². The summed E-state index contributed by atoms with van der Waals surface area (Å²) in [5, 5.41) is 5.74. The van der Waals surface area contributed by atoms with Gasteiger partial charge in [-0.25, -0.2) is 13.6 Å². The number of hydrogen-bond donors (Lipinski definition) is 1. The molecule has 2 rings (SSSR count). The molecule has 0 spiro atoms. The summed E-state index contributed by atoms with van der Waals surface area (Å²) in [4.78, 5) is 0.0701. The number of rotatable bonds is 4. The van der Waals surface area contributed by atoms with Gasteiger partial charge in [-0.15, -0.1) is 0 Å². The van der Waals surface area contributed by atoms with Crippen molar-refractivity contribution in [1.29, 1.82) is 0 Å². The molecule has 0 aliphatic heterocycles. The molecule has 6 heteroatoms. The van der Waals surface area contributed by atoms with Gasteiger partial charge in [-0.3, -0.25) is 0 Å². The number of ether oxygens (including phenoxy) is 1. The molecule has 0 atom stereocenters. The average molecular weight is 326 g/mol. The molecular weight excluding hydrogens is 310 g/mol. The fourth-order valence-corrected chi connectivity index (χ4v) is 2.77. The predicted molar refractivity (Wildman–Crippen MR) is 83.1 cm³/mol. The summed E-state index contributed by atoms with van der Waals surface area (Å²) in [5.41, 5.74) is 2.65. The minimum absolute atomic E-state index is 0.0701. The van der Waals surface area contributed by atoms with Gasteiger partial charge in [-0.1, -0.05) is 23.7 Å². The molecule has 0 amide bonds. The van der Waals surface area contributed by atoms with E-state index in [2.05, 4.69) is 0 Å². The van der Waals surface area contributed by atoms with Crippen LogP contribution < -0.4 is 9.88 Å². The van der Waals surface area contributed by atoms with Gasteiger partial charge in [0.1, 0.15) is 12.4 Å². The Kier molecular flexibility index (Phi) is 4.56. The molecule has 112 valence electrons. The predicted octanol–water partition coefficient (Wildman–Crippen LogP) is 3.18. The zero-order valence-corrected chi connectivity index (χ0v) is 13.3. The Bertz CT molecular complexity index is 772. The average Bonchev–Trinajstić information content (AvgIpc) is 2.38. The summed E-state index contributed by atoms with van der Waals surface area (Å²) >= 11 is 6.14. The number of nitrogens with two attached hydrogens (primary N) is 1. The highest BCUT2D eigenvalue weighted by Gasteiger charge is 2.10. The molecule has 0 heterocycles. The van der Waals surface area contributed by atoms with Gasteiger partial charge in [0.15, 0.2) is 0 Å². The number of sulfonamides is 1. The molecule has 4 nitrogen and oxygen atoms in total. The Morgan fingerprint density at radius 2 is 1.86 bits per heavy atom. The van der Waals surface area contributed by atoms with Crippen LogP contribution in [0.4, 0.5) is 0 Å². The molecule has 2 N–H and O–H groups in total. The highest BCUT2D eigenvalue weighted by molar-refractivity contribution is 7.89. The zero-order chi connectivity index (χ0) is 15.6. The van der Waals surface area contributed by atoms with Crippen LogP contribution in [0.25, 0.3) is 0 Å². The van der Waals surface area contributed by atoms with E-state index in [1.807, 2.05) is 25.1 Å². The van der Waals surface area contributed by atoms with Crippen LogP contribution in [-0.4, -0.2) is 8.42 Å². The maximum absolute atomic E-state index is 11.3. The Morgan fingerprint density at radius 3 is 2.43 bits per heavy atom. The Morgan fingerprint density at radius 1 is 1.14 bits per heavy atom. The normalized spacial score (nSPS) is 11.4. The smallest absolute Gasteiger partial charge is 0.238 e. The minimum Gasteiger partial charge on any atom is -0.489 e. The SMILES string of the molecule is Cc1ccc(COc2ccc(S(N)(=O)=O)cc2C)c(Cl)c1. The van der Waals surface area contributed by atoms with Crippen molar-refractivity contribution >= 4 is 21.6 Å². The van der Waals surface area contributed by atoms with Crippen LogP contribution >= 0.6 is 11.6 Å². The first-order valence-corrected chi connectivity index (χ1v) is 8.21. The van der Waals surface area contributed by atoms with Crippen LogP contribution in [-0.2, 0) is 16.6 Å². The standard InChI is InChI=1S/C15H16ClNO3S/c1-10-3-4-12(14(16)7-10)9-20-15-6-5-13(8-11(15)2)21(17,18)19/h3-8H,9H2,1-2H3,(H2,17,18,19). The van der Waals surface area contributed by atoms with E-state index < -0.39 is 10.0 Å². The van der Waals surface area contributed by atoms with Crippen LogP contribution in [0.1, 0.15) is 16.7 Å². The van der Waals surface area contributed by atoms with Gasteiger partial charge in [0, 0.05) is 10.6 Å². The summed E-state index contributed by atoms with van der Waals surface area (Å²) in [6.45, 7) is 4.04. The second-order valence-electron chi connectivity index (χ2n) is 4.86. The summed E-state index contributed by atoms with van der Waals surface area (Å²) in [7, 11) is -3.70. The van der Waals surface area contributed by atoms with Crippen molar-refractivity contribution in [1.82, 2.24) is 0 Å². The van der Waals surface area contributed by atoms with Crippen molar-refractivity contribution in [2.75, 3.05) is 0 Å². The Hall–Kier alpha value is -1.56. The lowest BCUT2D eigenvalue weighted by molar-refractivity contribution is 0.304. The lowest BCUT2D eigenvalue weighted by Gasteiger charge is -2.11. The van der Waals surface area contributed by atoms with Crippen LogP contribution in [0.5, 0.6) is 5.75 Å². The van der Waals surface area contributed by atoms with Crippen LogP contribution in [0.2, 0.25) is 5.02 Å². The van der Waals surface area contributed by atoms with Gasteiger partial charge in [-0.05, 0) is 49.2 Å². The first kappa shape index (κ1) is 15.8. The highest BCUT2D eigenvalue weighted by atomic mass is 35.5. The van der Waals surface area contributed by atoms with E-state index in [4.69, 9.17) is 21.5 Å². The van der Waals surface area contributed by atoms with Crippen molar-refractivity contribution in [2.24, 2.45) is 5.14 Å². The van der Waals surface area contributed by atoms with Gasteiger partial charge in [0.2, 0.25) is 10.0 Å². The van der Waals surface area contributed by atoms with Crippen LogP contribution in [0.3, 0.4) is 0 Å². The monoisotopic (exact) mass is 325 g/mol. The fourth-order valence-electron chi connectivity index (χ4n) is 1.89. The molecule has 2 aromatic rings. The molecule has 2 aromatic carbocycles. The molecule has 0 fully saturated rings. The molecule has 0 saturated heterocycles. The summed E-state index contributed by atoms with van der Waals surface area (Å²) in [6, 6.07) is 10.2. The largest absolute Gasteiger partial charge is 0.489 e. The van der Waals surface area contributed by atoms with Crippen molar-refractivity contribution in [3.63, 3.8) is 0 Å². The van der Waals surface area contributed by atoms with Crippen LogP contribution in [0.15, 0.2) is 41.3 Å². The Labute approximate surface area is 129 Å². The molecule has 21 heavy (non-hydrogen) atoms. The van der Waals surface area contributed by atoms with Gasteiger partial charge in [-0.2, -0.15) is 0 Å². The number of halogens is 1. The van der Waals surface area contributed by atoms with Crippen LogP contribution in [0, 0.1) is 13.8 Å². The van der Waals surface area contributed by atoms with E-state index in [9.17, 15) is 8.42 Å². The van der Waals surface area contributed by atoms with Gasteiger partial charge < -0.3 is 4.74 Å². The van der Waals surface area contributed by atoms with E-state index in [1.165, 1.54) is 12.1 Å². The summed E-state index contributed by atoms with van der Waals surface area (Å²) < 4.78 is 28.2. The lowest BCUT2D eigenvalue weighted by Crippen LogP contribution is -2.12. The molecule has 0 unspecified atom stereocenters. The number of aryl methyl sites for hydroxylation is 2. The summed E-state index contributed by atoms with van der Waals surface area (Å²) in [5.74, 6) is 0.596. The van der Waals surface area contributed by atoms with E-state index in [1.54, 1.807) is 13.0 Å². The van der Waals surface area contributed by atoms with Gasteiger partial charge in [0.05, 0.1) is 4.90 Å². The first-order chi connectivity index (χ1) is 9.77. The number of benzene rings is 2. The number of hydrogen-bond acceptors (Lipinski definition) is 3. The van der Waals surface area contributed by atoms with E-state index in [0.29, 0.717) is 22.9 Å². The van der Waals surface area contributed by atoms with Crippen molar-refractivity contribution < 1.29 is 13.2 Å². The van der Waals surface area contributed by atoms with Crippen molar-refractivity contribution in [2.45, 2.75) is 25.3 Å². The molecule has 0 bridgehead atoms. The minimum atomic E-state index is -3.70. The molecule has 0 aliphatic rings. The van der Waals surface area contributed by atoms with Gasteiger partial charge in [0.25, 0.3) is 0 Å².